The number of phenols is 8. The van der Waals surface area contributed by atoms with Gasteiger partial charge in [-0.05, 0) is 171 Å². The van der Waals surface area contributed by atoms with Crippen LogP contribution in [0.15, 0.2) is 115 Å². The molecule has 8 N–H and O–H groups in total. The molecule has 0 heterocycles. The van der Waals surface area contributed by atoms with E-state index in [0.29, 0.717) is 22.3 Å². The first-order valence-corrected chi connectivity index (χ1v) is 26.4. The second-order valence-electron chi connectivity index (χ2n) is 19.4. The lowest BCUT2D eigenvalue weighted by Gasteiger charge is -2.31. The summed E-state index contributed by atoms with van der Waals surface area (Å²) in [7, 11) is 0. The van der Waals surface area contributed by atoms with E-state index in [0.717, 1.165) is 62.4 Å². The summed E-state index contributed by atoms with van der Waals surface area (Å²) < 4.78 is 3.04. The molecule has 8 aromatic rings. The Morgan fingerprint density at radius 2 is 0.361 bits per heavy atom. The number of halogens is 4. The first-order valence-electron chi connectivity index (χ1n) is 23.2. The molecule has 0 saturated carbocycles. The van der Waals surface area contributed by atoms with Gasteiger partial charge in [0, 0.05) is 110 Å². The average molecular weight is 1220 g/mol. The van der Waals surface area contributed by atoms with Gasteiger partial charge in [-0.15, -0.1) is 0 Å². The molecule has 0 fully saturated rings. The van der Waals surface area contributed by atoms with Crippen molar-refractivity contribution in [3.8, 4) is 46.0 Å². The largest absolute Gasteiger partial charge is 0.507 e. The molecule has 0 aromatic heterocycles. The summed E-state index contributed by atoms with van der Waals surface area (Å²) in [6, 6.07) is 27.6. The van der Waals surface area contributed by atoms with Crippen molar-refractivity contribution in [3.63, 3.8) is 0 Å². The quantitative estimate of drug-likeness (QED) is 0.0864. The summed E-state index contributed by atoms with van der Waals surface area (Å²) in [5.41, 5.74) is 12.0. The zero-order chi connectivity index (χ0) is 52.1. The Morgan fingerprint density at radius 1 is 0.208 bits per heavy atom. The van der Waals surface area contributed by atoms with Gasteiger partial charge >= 0.3 is 0 Å². The molecule has 0 saturated heterocycles. The Morgan fingerprint density at radius 3 is 0.514 bits per heavy atom. The molecule has 12 heteroatoms. The van der Waals surface area contributed by atoms with E-state index in [-0.39, 0.29) is 90.5 Å². The molecular weight excluding hydrogens is 1170 g/mol. The normalized spacial score (nSPS) is 16.5. The molecule has 0 amide bonds. The van der Waals surface area contributed by atoms with Crippen LogP contribution < -0.4 is 0 Å². The van der Waals surface area contributed by atoms with Gasteiger partial charge in [-0.3, -0.25) is 0 Å². The van der Waals surface area contributed by atoms with Crippen molar-refractivity contribution in [2.24, 2.45) is 0 Å². The van der Waals surface area contributed by atoms with Crippen LogP contribution in [-0.2, 0) is 0 Å². The van der Waals surface area contributed by atoms with Gasteiger partial charge in [0.2, 0.25) is 0 Å². The monoisotopic (exact) mass is 1220 g/mol. The molecule has 0 atom stereocenters. The van der Waals surface area contributed by atoms with Crippen LogP contribution in [0, 0.1) is 55.4 Å². The number of rotatable bonds is 4. The Bertz CT molecular complexity index is 3020. The van der Waals surface area contributed by atoms with E-state index < -0.39 is 23.7 Å². The molecule has 8 nitrogen and oxygen atoms in total. The van der Waals surface area contributed by atoms with Crippen molar-refractivity contribution >= 4 is 63.7 Å². The van der Waals surface area contributed by atoms with Gasteiger partial charge in [-0.1, -0.05) is 88.0 Å². The van der Waals surface area contributed by atoms with E-state index in [1.807, 2.05) is 104 Å². The zero-order valence-electron chi connectivity index (χ0n) is 40.6. The highest BCUT2D eigenvalue weighted by molar-refractivity contribution is 9.11. The highest BCUT2D eigenvalue weighted by Crippen LogP contribution is 2.55. The summed E-state index contributed by atoms with van der Waals surface area (Å²) in [5, 5.41) is 98.6. The molecule has 8 bridgehead atoms. The molecule has 0 radical (unpaired) electrons. The average Bonchev–Trinajstić information content (AvgIpc) is 3.29. The lowest BCUT2D eigenvalue weighted by Crippen LogP contribution is -2.14. The number of benzene rings is 8. The summed E-state index contributed by atoms with van der Waals surface area (Å²) in [6.45, 7) is 15.6. The predicted octanol–water partition coefficient (Wildman–Crippen LogP) is 15.9. The fraction of sp³-hybridized carbons (Fsp3) is 0.200. The molecular formula is C60H52Br4O8. The molecule has 0 unspecified atom stereocenters. The van der Waals surface area contributed by atoms with Crippen LogP contribution in [0.2, 0.25) is 0 Å². The number of hydrogen-bond acceptors (Lipinski definition) is 8. The number of aryl methyl sites for hydroxylation is 8. The second kappa shape index (κ2) is 19.2. The maximum atomic E-state index is 12.3. The molecule has 368 valence electrons. The lowest BCUT2D eigenvalue weighted by molar-refractivity contribution is 0.431. The number of hydrogen-bond donors (Lipinski definition) is 8. The van der Waals surface area contributed by atoms with Crippen LogP contribution in [0.4, 0.5) is 0 Å². The van der Waals surface area contributed by atoms with Crippen LogP contribution in [0.25, 0.3) is 0 Å². The third-order valence-electron chi connectivity index (χ3n) is 14.6. The molecule has 0 spiro atoms. The van der Waals surface area contributed by atoms with Crippen LogP contribution >= 0.6 is 63.7 Å². The Hall–Kier alpha value is -5.92. The lowest BCUT2D eigenvalue weighted by atomic mass is 9.73. The minimum atomic E-state index is -0.980. The minimum absolute atomic E-state index is 0.284. The van der Waals surface area contributed by atoms with E-state index in [4.69, 9.17) is 0 Å². The predicted molar refractivity (Wildman–Crippen MR) is 297 cm³/mol. The minimum Gasteiger partial charge on any atom is -0.507 e. The van der Waals surface area contributed by atoms with Gasteiger partial charge in [0.05, 0.1) is 0 Å². The van der Waals surface area contributed by atoms with E-state index in [1.54, 1.807) is 24.3 Å². The summed E-state index contributed by atoms with van der Waals surface area (Å²) in [5.74, 6) is -6.25. The zero-order valence-corrected chi connectivity index (χ0v) is 47.0. The van der Waals surface area contributed by atoms with Crippen LogP contribution in [-0.4, -0.2) is 40.9 Å². The van der Waals surface area contributed by atoms with Crippen molar-refractivity contribution < 1.29 is 40.9 Å². The van der Waals surface area contributed by atoms with Gasteiger partial charge in [-0.25, -0.2) is 0 Å². The van der Waals surface area contributed by atoms with Crippen LogP contribution in [0.5, 0.6) is 46.0 Å². The van der Waals surface area contributed by atoms with Gasteiger partial charge < -0.3 is 40.9 Å². The Balaban J connectivity index is 1.54. The molecule has 1 aliphatic carbocycles. The number of phenolic OH excluding ortho intramolecular Hbond substituents is 8. The molecule has 0 aliphatic heterocycles. The molecule has 1 aliphatic rings. The van der Waals surface area contributed by atoms with Gasteiger partial charge in [0.1, 0.15) is 46.0 Å². The van der Waals surface area contributed by atoms with Crippen molar-refractivity contribution in [2.75, 3.05) is 0 Å². The van der Waals surface area contributed by atoms with Crippen molar-refractivity contribution in [1.29, 1.82) is 0 Å². The van der Waals surface area contributed by atoms with Gasteiger partial charge in [0.15, 0.2) is 0 Å². The second-order valence-corrected chi connectivity index (χ2v) is 22.9. The maximum absolute atomic E-state index is 12.3. The van der Waals surface area contributed by atoms with E-state index >= 15 is 0 Å². The number of fused-ring (bicyclic) bond motifs is 8. The van der Waals surface area contributed by atoms with Crippen molar-refractivity contribution in [1.82, 2.24) is 0 Å². The number of aromatic hydroxyl groups is 8. The first-order chi connectivity index (χ1) is 33.9. The first kappa shape index (κ1) is 51.0. The van der Waals surface area contributed by atoms with Crippen LogP contribution in [0.3, 0.4) is 0 Å². The van der Waals surface area contributed by atoms with Crippen molar-refractivity contribution in [2.45, 2.75) is 79.1 Å². The van der Waals surface area contributed by atoms with Gasteiger partial charge in [0.25, 0.3) is 0 Å². The summed E-state index contributed by atoms with van der Waals surface area (Å²) in [4.78, 5) is 0. The smallest absolute Gasteiger partial charge is 0.123 e. The third kappa shape index (κ3) is 8.81. The molecule has 72 heavy (non-hydrogen) atoms. The topological polar surface area (TPSA) is 162 Å². The van der Waals surface area contributed by atoms with E-state index in [9.17, 15) is 40.9 Å². The van der Waals surface area contributed by atoms with E-state index in [1.165, 1.54) is 24.3 Å². The molecule has 8 aromatic carbocycles. The van der Waals surface area contributed by atoms with E-state index in [2.05, 4.69) is 63.7 Å². The summed E-state index contributed by atoms with van der Waals surface area (Å²) >= 11 is 15.0. The SMILES string of the molecule is Cc1cc(C)c(C2c3cc(c(O)cc3O)C(c3cc(Br)c(C)cc3C)c3cc(c(O)cc3O)C(c3cc(Br)c(C)cc3C)c3cc(c(O)cc3O)C(c3cc(Br)c(C)cc3C)c3cc2c(O)cc3O)cc1Br. The van der Waals surface area contributed by atoms with Gasteiger partial charge in [-0.2, -0.15) is 0 Å². The highest BCUT2D eigenvalue weighted by atomic mass is 79.9. The molecule has 9 rings (SSSR count). The third-order valence-corrected chi connectivity index (χ3v) is 18.0. The van der Waals surface area contributed by atoms with Crippen molar-refractivity contribution in [3.05, 3.63) is 226 Å². The Kier molecular flexibility index (Phi) is 13.6. The highest BCUT2D eigenvalue weighted by Gasteiger charge is 2.37. The maximum Gasteiger partial charge on any atom is 0.123 e. The fourth-order valence-corrected chi connectivity index (χ4v) is 12.4. The standard InChI is InChI=1S/C60H52Br4O8/c1-25-9-29(5)45(61)17-33(25)57-37-13-39(51(67)21-49(37)65)58(34-18-46(62)30(6)10-26(34)2)41-15-43(55(71)23-53(41)69)60(36-20-48(64)32(8)12-28(36)4)44-16-42(54(70)24-56(44)72)59(35-19-47(63)31(7)11-27(35)3)40-14-38(57)50(66)22-52(40)68/h9-24,57-60,65-72H,1-8H3. The summed E-state index contributed by atoms with van der Waals surface area (Å²) in [6.07, 6.45) is 0. The Labute approximate surface area is 452 Å². The fourth-order valence-electron chi connectivity index (χ4n) is 10.9. The van der Waals surface area contributed by atoms with Crippen LogP contribution in [0.1, 0.15) is 135 Å².